The van der Waals surface area contributed by atoms with Gasteiger partial charge < -0.3 is 10.4 Å². The molecule has 0 unspecified atom stereocenters. The fraction of sp³-hybridized carbons (Fsp3) is 0.0556. The number of aromatic hydroxyl groups is 1. The molecule has 0 saturated heterocycles. The summed E-state index contributed by atoms with van der Waals surface area (Å²) in [5.41, 5.74) is 5.65. The molecule has 0 saturated carbocycles. The van der Waals surface area contributed by atoms with Crippen molar-refractivity contribution in [2.75, 3.05) is 5.32 Å². The molecule has 0 aromatic heterocycles. The molecule has 0 atom stereocenters. The van der Waals surface area contributed by atoms with Crippen molar-refractivity contribution >= 4 is 23.4 Å². The van der Waals surface area contributed by atoms with Crippen LogP contribution in [0, 0.1) is 19.3 Å². The number of nitrogens with one attached hydrogen (secondary N) is 3. The predicted octanol–water partition coefficient (Wildman–Crippen LogP) is 1.08. The quantitative estimate of drug-likeness (QED) is 0.374. The number of anilines is 1. The summed E-state index contributed by atoms with van der Waals surface area (Å²) in [6, 6.07) is 10.8. The van der Waals surface area contributed by atoms with Crippen LogP contribution in [0.15, 0.2) is 42.5 Å². The van der Waals surface area contributed by atoms with Crippen molar-refractivity contribution < 1.29 is 19.5 Å². The van der Waals surface area contributed by atoms with Crippen LogP contribution in [0.4, 0.5) is 5.69 Å². The molecule has 0 aliphatic carbocycles. The van der Waals surface area contributed by atoms with Crippen molar-refractivity contribution in [3.63, 3.8) is 0 Å². The Morgan fingerprint density at radius 1 is 1.04 bits per heavy atom. The number of benzene rings is 2. The van der Waals surface area contributed by atoms with E-state index < -0.39 is 17.7 Å². The van der Waals surface area contributed by atoms with Crippen molar-refractivity contribution in [2.45, 2.75) is 6.92 Å². The minimum absolute atomic E-state index is 0.0410. The second-order valence-corrected chi connectivity index (χ2v) is 5.05. The van der Waals surface area contributed by atoms with Gasteiger partial charge in [-0.25, -0.2) is 0 Å². The minimum atomic E-state index is -1.07. The van der Waals surface area contributed by atoms with Crippen molar-refractivity contribution in [3.05, 3.63) is 59.2 Å². The van der Waals surface area contributed by atoms with Crippen LogP contribution in [-0.2, 0) is 9.59 Å². The summed E-state index contributed by atoms with van der Waals surface area (Å²) in [7, 11) is 0. The number of carbonyl (C=O) groups excluding carboxylic acids is 3. The molecule has 2 rings (SSSR count). The van der Waals surface area contributed by atoms with Crippen molar-refractivity contribution in [1.82, 2.24) is 10.9 Å². The van der Waals surface area contributed by atoms with Gasteiger partial charge in [-0.3, -0.25) is 25.2 Å². The largest absolute Gasteiger partial charge is 0.507 e. The SMILES string of the molecule is C#Cc1ccc(C)c(NC(=O)C(=O)NNC(=O)c2ccccc2O)c1. The third kappa shape index (κ3) is 4.36. The van der Waals surface area contributed by atoms with Crippen LogP contribution in [0.25, 0.3) is 0 Å². The first-order chi connectivity index (χ1) is 11.9. The van der Waals surface area contributed by atoms with E-state index in [0.29, 0.717) is 11.3 Å². The number of amides is 3. The van der Waals surface area contributed by atoms with E-state index >= 15 is 0 Å². The summed E-state index contributed by atoms with van der Waals surface area (Å²) >= 11 is 0. The highest BCUT2D eigenvalue weighted by Gasteiger charge is 2.17. The van der Waals surface area contributed by atoms with Crippen LogP contribution >= 0.6 is 0 Å². The molecule has 0 bridgehead atoms. The highest BCUT2D eigenvalue weighted by atomic mass is 16.3. The molecule has 7 heteroatoms. The van der Waals surface area contributed by atoms with Gasteiger partial charge in [-0.15, -0.1) is 6.42 Å². The first-order valence-corrected chi connectivity index (χ1v) is 7.19. The van der Waals surface area contributed by atoms with Crippen LogP contribution in [0.5, 0.6) is 5.75 Å². The van der Waals surface area contributed by atoms with E-state index in [-0.39, 0.29) is 11.3 Å². The lowest BCUT2D eigenvalue weighted by Gasteiger charge is -2.10. The number of hydrazine groups is 1. The number of rotatable bonds is 2. The number of hydrogen-bond donors (Lipinski definition) is 4. The first-order valence-electron chi connectivity index (χ1n) is 7.19. The zero-order valence-corrected chi connectivity index (χ0v) is 13.3. The number of terminal acetylenes is 1. The molecule has 3 amide bonds. The molecule has 2 aromatic carbocycles. The fourth-order valence-electron chi connectivity index (χ4n) is 1.93. The summed E-state index contributed by atoms with van der Waals surface area (Å²) in [5, 5.41) is 12.0. The molecule has 0 radical (unpaired) electrons. The van der Waals surface area contributed by atoms with Gasteiger partial charge in [-0.05, 0) is 36.8 Å². The molecule has 0 fully saturated rings. The Hall–Kier alpha value is -3.79. The molecule has 0 spiro atoms. The van der Waals surface area contributed by atoms with E-state index in [0.717, 1.165) is 5.56 Å². The smallest absolute Gasteiger partial charge is 0.328 e. The van der Waals surface area contributed by atoms with Gasteiger partial charge in [0, 0.05) is 11.3 Å². The normalized spacial score (nSPS) is 9.60. The monoisotopic (exact) mass is 337 g/mol. The Kier molecular flexibility index (Phi) is 5.38. The van der Waals surface area contributed by atoms with Crippen molar-refractivity contribution in [3.8, 4) is 18.1 Å². The summed E-state index contributed by atoms with van der Waals surface area (Å²) in [4.78, 5) is 35.5. The molecule has 25 heavy (non-hydrogen) atoms. The third-order valence-electron chi connectivity index (χ3n) is 3.30. The molecular weight excluding hydrogens is 322 g/mol. The Morgan fingerprint density at radius 3 is 2.44 bits per heavy atom. The first kappa shape index (κ1) is 17.6. The zero-order valence-electron chi connectivity index (χ0n) is 13.3. The predicted molar refractivity (Wildman–Crippen MR) is 91.5 cm³/mol. The Labute approximate surface area is 144 Å². The Balaban J connectivity index is 1.97. The average Bonchev–Trinajstić information content (AvgIpc) is 2.61. The van der Waals surface area contributed by atoms with Gasteiger partial charge in [-0.1, -0.05) is 24.1 Å². The van der Waals surface area contributed by atoms with E-state index in [1.54, 1.807) is 37.3 Å². The fourth-order valence-corrected chi connectivity index (χ4v) is 1.93. The number of phenolic OH excluding ortho intramolecular Hbond substituents is 1. The minimum Gasteiger partial charge on any atom is -0.507 e. The van der Waals surface area contributed by atoms with Crippen LogP contribution in [0.2, 0.25) is 0 Å². The molecule has 0 aliphatic heterocycles. The van der Waals surface area contributed by atoms with Gasteiger partial charge in [0.2, 0.25) is 0 Å². The summed E-state index contributed by atoms with van der Waals surface area (Å²) in [5.74, 6) is -0.633. The van der Waals surface area contributed by atoms with E-state index in [2.05, 4.69) is 16.7 Å². The molecule has 0 aliphatic rings. The standard InChI is InChI=1S/C18H15N3O4/c1-3-12-9-8-11(2)14(10-12)19-17(24)18(25)21-20-16(23)13-6-4-5-7-15(13)22/h1,4-10,22H,2H3,(H,19,24)(H,20,23)(H,21,25). The summed E-state index contributed by atoms with van der Waals surface area (Å²) < 4.78 is 0. The maximum atomic E-state index is 11.9. The van der Waals surface area contributed by atoms with Gasteiger partial charge in [0.25, 0.3) is 5.91 Å². The lowest BCUT2D eigenvalue weighted by Crippen LogP contribution is -2.46. The van der Waals surface area contributed by atoms with Crippen molar-refractivity contribution in [1.29, 1.82) is 0 Å². The highest BCUT2D eigenvalue weighted by molar-refractivity contribution is 6.39. The van der Waals surface area contributed by atoms with Crippen LogP contribution in [0.1, 0.15) is 21.5 Å². The summed E-state index contributed by atoms with van der Waals surface area (Å²) in [6.07, 6.45) is 5.30. The Morgan fingerprint density at radius 2 is 1.76 bits per heavy atom. The lowest BCUT2D eigenvalue weighted by atomic mass is 10.1. The number of phenols is 1. The van der Waals surface area contributed by atoms with Crippen LogP contribution in [-0.4, -0.2) is 22.8 Å². The van der Waals surface area contributed by atoms with E-state index in [4.69, 9.17) is 6.42 Å². The van der Waals surface area contributed by atoms with E-state index in [1.807, 2.05) is 5.43 Å². The maximum absolute atomic E-state index is 11.9. The third-order valence-corrected chi connectivity index (χ3v) is 3.30. The molecule has 4 N–H and O–H groups in total. The van der Waals surface area contributed by atoms with Gasteiger partial charge in [-0.2, -0.15) is 0 Å². The van der Waals surface area contributed by atoms with Gasteiger partial charge in [0.15, 0.2) is 0 Å². The van der Waals surface area contributed by atoms with E-state index in [1.165, 1.54) is 12.1 Å². The summed E-state index contributed by atoms with van der Waals surface area (Å²) in [6.45, 7) is 1.74. The topological polar surface area (TPSA) is 108 Å². The molecule has 126 valence electrons. The van der Waals surface area contributed by atoms with Crippen LogP contribution in [0.3, 0.4) is 0 Å². The Bertz CT molecular complexity index is 884. The second kappa shape index (κ2) is 7.66. The van der Waals surface area contributed by atoms with Gasteiger partial charge >= 0.3 is 11.8 Å². The zero-order chi connectivity index (χ0) is 18.4. The lowest BCUT2D eigenvalue weighted by molar-refractivity contribution is -0.136. The number of hydrogen-bond acceptors (Lipinski definition) is 4. The molecule has 2 aromatic rings. The highest BCUT2D eigenvalue weighted by Crippen LogP contribution is 2.16. The number of carbonyl (C=O) groups is 3. The average molecular weight is 337 g/mol. The van der Waals surface area contributed by atoms with Gasteiger partial charge in [0.05, 0.1) is 5.56 Å². The second-order valence-electron chi connectivity index (χ2n) is 5.05. The van der Waals surface area contributed by atoms with Crippen LogP contribution < -0.4 is 16.2 Å². The number of para-hydroxylation sites is 1. The molecule has 7 nitrogen and oxygen atoms in total. The molecular formula is C18H15N3O4. The van der Waals surface area contributed by atoms with E-state index in [9.17, 15) is 19.5 Å². The van der Waals surface area contributed by atoms with Gasteiger partial charge in [0.1, 0.15) is 5.75 Å². The van der Waals surface area contributed by atoms with Crippen molar-refractivity contribution in [2.24, 2.45) is 0 Å². The number of aryl methyl sites for hydroxylation is 1. The maximum Gasteiger partial charge on any atom is 0.328 e. The molecule has 0 heterocycles.